The number of benzene rings is 2. The molecule has 3 nitrogen and oxygen atoms in total. The first kappa shape index (κ1) is 18.0. The van der Waals surface area contributed by atoms with Gasteiger partial charge in [0.05, 0.1) is 12.8 Å². The Morgan fingerprint density at radius 2 is 1.96 bits per heavy atom. The van der Waals surface area contributed by atoms with Crippen molar-refractivity contribution in [3.05, 3.63) is 52.5 Å². The molecule has 0 unspecified atom stereocenters. The number of ether oxygens (including phenoxy) is 1. The molecule has 0 aliphatic heterocycles. The van der Waals surface area contributed by atoms with E-state index in [1.165, 1.54) is 22.2 Å². The highest BCUT2D eigenvalue weighted by Crippen LogP contribution is 2.39. The minimum atomic E-state index is 0.167. The number of hydrogen-bond donors (Lipinski definition) is 1. The molecule has 25 heavy (non-hydrogen) atoms. The van der Waals surface area contributed by atoms with Gasteiger partial charge < -0.3 is 14.4 Å². The molecule has 0 amide bonds. The van der Waals surface area contributed by atoms with Crippen LogP contribution in [0.1, 0.15) is 19.4 Å². The maximum absolute atomic E-state index is 9.60. The molecule has 1 aromatic heterocycles. The molecule has 0 spiro atoms. The van der Waals surface area contributed by atoms with Crippen LogP contribution < -0.4 is 4.74 Å². The number of aliphatic hydroxyl groups is 1. The Morgan fingerprint density at radius 3 is 2.64 bits per heavy atom. The van der Waals surface area contributed by atoms with Crippen LogP contribution in [-0.2, 0) is 13.0 Å². The molecule has 2 aromatic carbocycles. The number of para-hydroxylation sites is 1. The van der Waals surface area contributed by atoms with Gasteiger partial charge >= 0.3 is 0 Å². The summed E-state index contributed by atoms with van der Waals surface area (Å²) in [6.45, 7) is 5.19. The Bertz CT molecular complexity index is 885. The van der Waals surface area contributed by atoms with E-state index in [1.54, 1.807) is 7.11 Å². The molecule has 1 atom stereocenters. The quantitative estimate of drug-likeness (QED) is 0.610. The molecule has 4 heteroatoms. The first-order valence-corrected chi connectivity index (χ1v) is 9.44. The van der Waals surface area contributed by atoms with Crippen LogP contribution in [0.4, 0.5) is 0 Å². The van der Waals surface area contributed by atoms with Gasteiger partial charge in [-0.1, -0.05) is 48.0 Å². The second-order valence-electron chi connectivity index (χ2n) is 6.44. The summed E-state index contributed by atoms with van der Waals surface area (Å²) in [5.41, 5.74) is 4.79. The second kappa shape index (κ2) is 7.63. The first-order chi connectivity index (χ1) is 12.1. The van der Waals surface area contributed by atoms with Crippen molar-refractivity contribution in [2.24, 2.45) is 5.92 Å². The van der Waals surface area contributed by atoms with Crippen LogP contribution in [0.2, 0.25) is 0 Å². The summed E-state index contributed by atoms with van der Waals surface area (Å²) in [5, 5.41) is 10.9. The van der Waals surface area contributed by atoms with Crippen LogP contribution in [0.3, 0.4) is 0 Å². The summed E-state index contributed by atoms with van der Waals surface area (Å²) >= 11 is 3.60. The lowest BCUT2D eigenvalue weighted by molar-refractivity contribution is 0.224. The number of methoxy groups -OCH3 is 1. The number of nitrogens with zero attached hydrogens (tertiary/aromatic N) is 1. The lowest BCUT2D eigenvalue weighted by Gasteiger charge is -2.17. The van der Waals surface area contributed by atoms with Crippen molar-refractivity contribution in [3.63, 3.8) is 0 Å². The fraction of sp³-hybridized carbons (Fsp3) is 0.333. The molecule has 0 fully saturated rings. The Hall–Kier alpha value is -1.78. The van der Waals surface area contributed by atoms with E-state index >= 15 is 0 Å². The second-order valence-corrected chi connectivity index (χ2v) is 7.36. The minimum Gasteiger partial charge on any atom is -0.496 e. The summed E-state index contributed by atoms with van der Waals surface area (Å²) < 4.78 is 9.02. The molecule has 3 rings (SSSR count). The van der Waals surface area contributed by atoms with Gasteiger partial charge in [-0.15, -0.1) is 0 Å². The molecular formula is C21H24BrNO2. The predicted octanol–water partition coefficient (Wildman–Crippen LogP) is 5.27. The standard InChI is InChI=1S/C21H24BrNO2/c1-4-16-17-10-9-15(22)11-19(17)23(12-14(2)13-24)21(16)18-7-5-6-8-20(18)25-3/h5-11,14,24H,4,12-13H2,1-3H3/t14-/m0/s1. The van der Waals surface area contributed by atoms with E-state index in [0.29, 0.717) is 0 Å². The fourth-order valence-electron chi connectivity index (χ4n) is 3.46. The van der Waals surface area contributed by atoms with Crippen LogP contribution in [0.25, 0.3) is 22.2 Å². The summed E-state index contributed by atoms with van der Waals surface area (Å²) in [7, 11) is 1.71. The number of aryl methyl sites for hydroxylation is 1. The Morgan fingerprint density at radius 1 is 1.20 bits per heavy atom. The number of halogens is 1. The zero-order valence-electron chi connectivity index (χ0n) is 14.9. The third-order valence-corrected chi connectivity index (χ3v) is 5.15. The smallest absolute Gasteiger partial charge is 0.128 e. The van der Waals surface area contributed by atoms with E-state index in [1.807, 2.05) is 18.2 Å². The normalized spacial score (nSPS) is 12.5. The highest BCUT2D eigenvalue weighted by atomic mass is 79.9. The number of rotatable bonds is 6. The third kappa shape index (κ3) is 3.33. The maximum Gasteiger partial charge on any atom is 0.128 e. The monoisotopic (exact) mass is 401 g/mol. The van der Waals surface area contributed by atoms with Crippen LogP contribution in [0, 0.1) is 5.92 Å². The number of hydrogen-bond acceptors (Lipinski definition) is 2. The van der Waals surface area contributed by atoms with Gasteiger partial charge in [-0.05, 0) is 42.2 Å². The molecule has 0 aliphatic rings. The topological polar surface area (TPSA) is 34.4 Å². The lowest BCUT2D eigenvalue weighted by Crippen LogP contribution is -2.12. The molecule has 1 heterocycles. The van der Waals surface area contributed by atoms with Gasteiger partial charge in [-0.25, -0.2) is 0 Å². The summed E-state index contributed by atoms with van der Waals surface area (Å²) in [6, 6.07) is 14.6. The van der Waals surface area contributed by atoms with E-state index in [0.717, 1.165) is 28.8 Å². The molecule has 0 saturated heterocycles. The zero-order valence-corrected chi connectivity index (χ0v) is 16.5. The van der Waals surface area contributed by atoms with Gasteiger partial charge in [0.25, 0.3) is 0 Å². The highest BCUT2D eigenvalue weighted by molar-refractivity contribution is 9.10. The SMILES string of the molecule is CCc1c(-c2ccccc2OC)n(C[C@H](C)CO)c2cc(Br)ccc12. The number of fused-ring (bicyclic) bond motifs is 1. The van der Waals surface area contributed by atoms with Crippen LogP contribution in [0.5, 0.6) is 5.75 Å². The minimum absolute atomic E-state index is 0.167. The van der Waals surface area contributed by atoms with Crippen molar-refractivity contribution in [1.82, 2.24) is 4.57 Å². The molecule has 1 N–H and O–H groups in total. The van der Waals surface area contributed by atoms with Gasteiger partial charge in [0.2, 0.25) is 0 Å². The van der Waals surface area contributed by atoms with E-state index in [2.05, 4.69) is 58.6 Å². The van der Waals surface area contributed by atoms with E-state index in [-0.39, 0.29) is 12.5 Å². The molecule has 0 bridgehead atoms. The Kier molecular flexibility index (Phi) is 5.50. The summed E-state index contributed by atoms with van der Waals surface area (Å²) in [5.74, 6) is 1.05. The average Bonchev–Trinajstić information content (AvgIpc) is 2.93. The fourth-order valence-corrected chi connectivity index (χ4v) is 3.81. The lowest BCUT2D eigenvalue weighted by atomic mass is 10.0. The largest absolute Gasteiger partial charge is 0.496 e. The van der Waals surface area contributed by atoms with Gasteiger partial charge in [0, 0.05) is 34.1 Å². The van der Waals surface area contributed by atoms with Crippen molar-refractivity contribution in [1.29, 1.82) is 0 Å². The van der Waals surface area contributed by atoms with Crippen molar-refractivity contribution in [3.8, 4) is 17.0 Å². The van der Waals surface area contributed by atoms with Gasteiger partial charge in [-0.3, -0.25) is 0 Å². The van der Waals surface area contributed by atoms with E-state index in [4.69, 9.17) is 4.74 Å². The predicted molar refractivity (Wildman–Crippen MR) is 107 cm³/mol. The van der Waals surface area contributed by atoms with Crippen LogP contribution in [0.15, 0.2) is 46.9 Å². The van der Waals surface area contributed by atoms with Crippen LogP contribution in [-0.4, -0.2) is 23.4 Å². The van der Waals surface area contributed by atoms with Crippen molar-refractivity contribution < 1.29 is 9.84 Å². The van der Waals surface area contributed by atoms with E-state index < -0.39 is 0 Å². The average molecular weight is 402 g/mol. The number of aromatic nitrogens is 1. The Balaban J connectivity index is 2.37. The molecule has 0 aliphatic carbocycles. The van der Waals surface area contributed by atoms with Crippen molar-refractivity contribution in [2.75, 3.05) is 13.7 Å². The molecule has 132 valence electrons. The first-order valence-electron chi connectivity index (χ1n) is 8.65. The molecular weight excluding hydrogens is 378 g/mol. The summed E-state index contributed by atoms with van der Waals surface area (Å²) in [6.07, 6.45) is 0.937. The van der Waals surface area contributed by atoms with Gasteiger partial charge in [0.15, 0.2) is 0 Å². The zero-order chi connectivity index (χ0) is 18.0. The third-order valence-electron chi connectivity index (χ3n) is 4.65. The molecule has 3 aromatic rings. The van der Waals surface area contributed by atoms with Crippen molar-refractivity contribution in [2.45, 2.75) is 26.8 Å². The maximum atomic E-state index is 9.60. The van der Waals surface area contributed by atoms with Gasteiger partial charge in [0.1, 0.15) is 5.75 Å². The number of aliphatic hydroxyl groups excluding tert-OH is 1. The van der Waals surface area contributed by atoms with Crippen LogP contribution >= 0.6 is 15.9 Å². The van der Waals surface area contributed by atoms with Gasteiger partial charge in [-0.2, -0.15) is 0 Å². The van der Waals surface area contributed by atoms with E-state index in [9.17, 15) is 5.11 Å². The Labute approximate surface area is 157 Å². The summed E-state index contributed by atoms with van der Waals surface area (Å²) in [4.78, 5) is 0. The molecule has 0 saturated carbocycles. The highest BCUT2D eigenvalue weighted by Gasteiger charge is 2.21. The molecule has 0 radical (unpaired) electrons. The van der Waals surface area contributed by atoms with Crippen molar-refractivity contribution >= 4 is 26.8 Å².